The molecule has 1 rings (SSSR count). The van der Waals surface area contributed by atoms with E-state index in [9.17, 15) is 10.1 Å². The summed E-state index contributed by atoms with van der Waals surface area (Å²) in [5, 5.41) is 17.1. The molecule has 1 aromatic rings. The number of nitrogens with zero attached hydrogens (tertiary/aromatic N) is 2. The highest BCUT2D eigenvalue weighted by molar-refractivity contribution is 5.79. The van der Waals surface area contributed by atoms with Gasteiger partial charge in [-0.05, 0) is 18.9 Å². The molecule has 21 heavy (non-hydrogen) atoms. The topological polar surface area (TPSA) is 79.6 Å². The molecule has 2 N–H and O–H groups in total. The van der Waals surface area contributed by atoms with E-state index in [2.05, 4.69) is 22.5 Å². The predicted octanol–water partition coefficient (Wildman–Crippen LogP) is 2.84. The Balaban J connectivity index is 2.53. The molecule has 0 aromatic heterocycles. The monoisotopic (exact) mass is 292 g/mol. The summed E-state index contributed by atoms with van der Waals surface area (Å²) in [5.74, 6) is 0.784. The van der Waals surface area contributed by atoms with Gasteiger partial charge in [-0.25, -0.2) is 4.99 Å². The van der Waals surface area contributed by atoms with Crippen LogP contribution in [0.3, 0.4) is 0 Å². The minimum Gasteiger partial charge on any atom is -0.357 e. The van der Waals surface area contributed by atoms with E-state index in [1.54, 1.807) is 12.1 Å². The van der Waals surface area contributed by atoms with Crippen LogP contribution in [0, 0.1) is 10.1 Å². The van der Waals surface area contributed by atoms with Gasteiger partial charge in [-0.1, -0.05) is 31.9 Å². The number of hydrogen-bond donors (Lipinski definition) is 2. The van der Waals surface area contributed by atoms with Crippen molar-refractivity contribution in [3.05, 3.63) is 39.9 Å². The highest BCUT2D eigenvalue weighted by Crippen LogP contribution is 2.12. The lowest BCUT2D eigenvalue weighted by Gasteiger charge is -2.10. The lowest BCUT2D eigenvalue weighted by Crippen LogP contribution is -2.37. The third kappa shape index (κ3) is 6.74. The van der Waals surface area contributed by atoms with Gasteiger partial charge in [0.2, 0.25) is 0 Å². The molecule has 0 radical (unpaired) electrons. The van der Waals surface area contributed by atoms with Gasteiger partial charge in [0.1, 0.15) is 0 Å². The summed E-state index contributed by atoms with van der Waals surface area (Å²) in [6.45, 7) is 6.41. The number of unbranched alkanes of at least 4 members (excludes halogenated alkanes) is 2. The highest BCUT2D eigenvalue weighted by atomic mass is 16.6. The normalized spacial score (nSPS) is 11.2. The average molecular weight is 292 g/mol. The van der Waals surface area contributed by atoms with Crippen molar-refractivity contribution in [3.63, 3.8) is 0 Å². The van der Waals surface area contributed by atoms with Gasteiger partial charge < -0.3 is 10.6 Å². The Morgan fingerprint density at radius 1 is 1.19 bits per heavy atom. The summed E-state index contributed by atoms with van der Waals surface area (Å²) in [7, 11) is 0. The minimum atomic E-state index is -0.396. The molecule has 0 amide bonds. The number of hydrogen-bond acceptors (Lipinski definition) is 3. The van der Waals surface area contributed by atoms with E-state index >= 15 is 0 Å². The summed E-state index contributed by atoms with van der Waals surface area (Å²) in [6, 6.07) is 6.49. The van der Waals surface area contributed by atoms with Crippen LogP contribution in [-0.4, -0.2) is 24.0 Å². The summed E-state index contributed by atoms with van der Waals surface area (Å²) in [4.78, 5) is 14.7. The maximum absolute atomic E-state index is 10.6. The number of aliphatic imine (C=N–C) groups is 1. The molecule has 0 saturated carbocycles. The lowest BCUT2D eigenvalue weighted by atomic mass is 10.2. The first-order valence-electron chi connectivity index (χ1n) is 7.42. The van der Waals surface area contributed by atoms with Crippen molar-refractivity contribution in [2.45, 2.75) is 39.7 Å². The van der Waals surface area contributed by atoms with Gasteiger partial charge in [-0.15, -0.1) is 0 Å². The number of rotatable bonds is 8. The Bertz CT molecular complexity index is 457. The summed E-state index contributed by atoms with van der Waals surface area (Å²) in [6.07, 6.45) is 3.52. The minimum absolute atomic E-state index is 0.104. The molecular weight excluding hydrogens is 268 g/mol. The molecule has 0 heterocycles. The number of nitro groups is 1. The summed E-state index contributed by atoms with van der Waals surface area (Å²) >= 11 is 0. The zero-order valence-corrected chi connectivity index (χ0v) is 12.8. The molecule has 0 unspecified atom stereocenters. The van der Waals surface area contributed by atoms with Crippen molar-refractivity contribution in [1.82, 2.24) is 10.6 Å². The zero-order chi connectivity index (χ0) is 15.5. The van der Waals surface area contributed by atoms with E-state index in [1.807, 2.05) is 6.92 Å². The number of benzene rings is 1. The quantitative estimate of drug-likeness (QED) is 0.254. The number of guanidine groups is 1. The lowest BCUT2D eigenvalue weighted by molar-refractivity contribution is -0.384. The third-order valence-electron chi connectivity index (χ3n) is 2.98. The number of nitrogens with one attached hydrogen (secondary N) is 2. The smallest absolute Gasteiger partial charge is 0.269 e. The molecule has 6 heteroatoms. The molecular formula is C15H24N4O2. The molecule has 116 valence electrons. The van der Waals surface area contributed by atoms with E-state index in [0.29, 0.717) is 6.54 Å². The van der Waals surface area contributed by atoms with Crippen molar-refractivity contribution in [1.29, 1.82) is 0 Å². The van der Waals surface area contributed by atoms with Gasteiger partial charge in [-0.3, -0.25) is 10.1 Å². The van der Waals surface area contributed by atoms with E-state index < -0.39 is 4.92 Å². The zero-order valence-electron chi connectivity index (χ0n) is 12.8. The summed E-state index contributed by atoms with van der Waals surface area (Å²) in [5.41, 5.74) is 1.05. The molecule has 0 atom stereocenters. The number of nitro benzene ring substituents is 1. The number of non-ortho nitro benzene ring substituents is 1. The third-order valence-corrected chi connectivity index (χ3v) is 2.98. The molecule has 0 saturated heterocycles. The van der Waals surface area contributed by atoms with Gasteiger partial charge in [0, 0.05) is 25.2 Å². The van der Waals surface area contributed by atoms with Crippen LogP contribution < -0.4 is 10.6 Å². The van der Waals surface area contributed by atoms with Crippen molar-refractivity contribution >= 4 is 11.6 Å². The van der Waals surface area contributed by atoms with Crippen LogP contribution in [0.25, 0.3) is 0 Å². The first kappa shape index (κ1) is 16.9. The Morgan fingerprint density at radius 2 is 1.90 bits per heavy atom. The van der Waals surface area contributed by atoms with Crippen LogP contribution in [0.4, 0.5) is 5.69 Å². The molecule has 0 spiro atoms. The fourth-order valence-electron chi connectivity index (χ4n) is 1.82. The van der Waals surface area contributed by atoms with Crippen LogP contribution in [0.1, 0.15) is 38.7 Å². The van der Waals surface area contributed by atoms with E-state index in [1.165, 1.54) is 25.0 Å². The highest BCUT2D eigenvalue weighted by Gasteiger charge is 2.03. The largest absolute Gasteiger partial charge is 0.357 e. The first-order valence-corrected chi connectivity index (χ1v) is 7.42. The van der Waals surface area contributed by atoms with Crippen LogP contribution >= 0.6 is 0 Å². The Morgan fingerprint density at radius 3 is 2.48 bits per heavy atom. The van der Waals surface area contributed by atoms with Crippen LogP contribution in [0.5, 0.6) is 0 Å². The van der Waals surface area contributed by atoms with Crippen molar-refractivity contribution in [2.24, 2.45) is 4.99 Å². The molecule has 1 aromatic carbocycles. The van der Waals surface area contributed by atoms with Crippen LogP contribution in [0.15, 0.2) is 29.3 Å². The van der Waals surface area contributed by atoms with E-state index in [-0.39, 0.29) is 5.69 Å². The molecule has 0 aliphatic heterocycles. The first-order chi connectivity index (χ1) is 10.2. The van der Waals surface area contributed by atoms with Crippen LogP contribution in [-0.2, 0) is 6.54 Å². The molecule has 0 fully saturated rings. The van der Waals surface area contributed by atoms with Crippen molar-refractivity contribution in [3.8, 4) is 0 Å². The van der Waals surface area contributed by atoms with Crippen LogP contribution in [0.2, 0.25) is 0 Å². The Hall–Kier alpha value is -2.11. The van der Waals surface area contributed by atoms with Crippen molar-refractivity contribution < 1.29 is 4.92 Å². The summed E-state index contributed by atoms with van der Waals surface area (Å²) < 4.78 is 0. The molecule has 0 bridgehead atoms. The van der Waals surface area contributed by atoms with Gasteiger partial charge >= 0.3 is 0 Å². The maximum Gasteiger partial charge on any atom is 0.269 e. The second kappa shape index (κ2) is 9.74. The Kier molecular flexibility index (Phi) is 7.86. The fraction of sp³-hybridized carbons (Fsp3) is 0.533. The fourth-order valence-corrected chi connectivity index (χ4v) is 1.82. The SMILES string of the molecule is CCCCCNC(=NCc1ccc([N+](=O)[O-])cc1)NCC. The second-order valence-electron chi connectivity index (χ2n) is 4.75. The maximum atomic E-state index is 10.6. The van der Waals surface area contributed by atoms with E-state index in [0.717, 1.165) is 31.0 Å². The van der Waals surface area contributed by atoms with Gasteiger partial charge in [0.15, 0.2) is 5.96 Å². The molecule has 0 aliphatic rings. The van der Waals surface area contributed by atoms with E-state index in [4.69, 9.17) is 0 Å². The van der Waals surface area contributed by atoms with Gasteiger partial charge in [0.25, 0.3) is 5.69 Å². The van der Waals surface area contributed by atoms with Crippen molar-refractivity contribution in [2.75, 3.05) is 13.1 Å². The molecule has 0 aliphatic carbocycles. The van der Waals surface area contributed by atoms with Gasteiger partial charge in [0.05, 0.1) is 11.5 Å². The Labute approximate surface area is 125 Å². The van der Waals surface area contributed by atoms with Gasteiger partial charge in [-0.2, -0.15) is 0 Å². The molecule has 6 nitrogen and oxygen atoms in total. The predicted molar refractivity (Wildman–Crippen MR) is 85.4 cm³/mol. The average Bonchev–Trinajstić information content (AvgIpc) is 2.49. The standard InChI is InChI=1S/C15H24N4O2/c1-3-5-6-11-17-15(16-4-2)18-12-13-7-9-14(10-8-13)19(20)21/h7-10H,3-6,11-12H2,1-2H3,(H2,16,17,18). The second-order valence-corrected chi connectivity index (χ2v) is 4.75.